The van der Waals surface area contributed by atoms with E-state index in [0.717, 1.165) is 6.26 Å². The summed E-state index contributed by atoms with van der Waals surface area (Å²) < 4.78 is 30.1. The lowest BCUT2D eigenvalue weighted by atomic mass is 10.2. The maximum atomic E-state index is 12.0. The maximum absolute atomic E-state index is 12.0. The molecule has 0 bridgehead atoms. The minimum absolute atomic E-state index is 0.221. The second-order valence-corrected chi connectivity index (χ2v) is 7.16. The number of carbonyl (C=O) groups is 1. The van der Waals surface area contributed by atoms with Gasteiger partial charge in [0.25, 0.3) is 0 Å². The van der Waals surface area contributed by atoms with Gasteiger partial charge in [0.2, 0.25) is 0 Å². The summed E-state index contributed by atoms with van der Waals surface area (Å²) >= 11 is 0. The van der Waals surface area contributed by atoms with Crippen molar-refractivity contribution in [2.75, 3.05) is 17.7 Å². The number of nitrogens with zero attached hydrogens (tertiary/aromatic N) is 3. The zero-order valence-corrected chi connectivity index (χ0v) is 12.7. The molecule has 1 amide bonds. The van der Waals surface area contributed by atoms with Crippen molar-refractivity contribution in [2.45, 2.75) is 17.5 Å². The van der Waals surface area contributed by atoms with Crippen molar-refractivity contribution in [3.05, 3.63) is 43.0 Å². The van der Waals surface area contributed by atoms with Gasteiger partial charge in [-0.3, -0.25) is 4.90 Å². The highest BCUT2D eigenvalue weighted by atomic mass is 32.2. The topological polar surface area (TPSA) is 81.5 Å². The lowest BCUT2D eigenvalue weighted by Crippen LogP contribution is -2.25. The number of benzene rings is 1. The molecular weight excluding hydrogens is 306 g/mol. The molecule has 1 atom stereocenters. The summed E-state index contributed by atoms with van der Waals surface area (Å²) in [4.78, 5) is 17.6. The number of sulfone groups is 1. The molecule has 1 fully saturated rings. The van der Waals surface area contributed by atoms with Crippen LogP contribution in [0.25, 0.3) is 0 Å². The van der Waals surface area contributed by atoms with Crippen molar-refractivity contribution in [3.8, 4) is 0 Å². The number of hydrogen-bond donors (Lipinski definition) is 0. The Morgan fingerprint density at radius 2 is 2.05 bits per heavy atom. The number of aromatic nitrogens is 2. The molecule has 0 aliphatic carbocycles. The Hall–Kier alpha value is -2.35. The third kappa shape index (κ3) is 2.96. The molecule has 1 aromatic heterocycles. The van der Waals surface area contributed by atoms with Crippen LogP contribution in [0.2, 0.25) is 0 Å². The third-order valence-electron chi connectivity index (χ3n) is 3.42. The second kappa shape index (κ2) is 5.45. The van der Waals surface area contributed by atoms with Gasteiger partial charge < -0.3 is 9.30 Å². The Balaban J connectivity index is 1.73. The molecule has 8 heteroatoms. The van der Waals surface area contributed by atoms with E-state index in [1.54, 1.807) is 30.9 Å². The van der Waals surface area contributed by atoms with Gasteiger partial charge in [-0.25, -0.2) is 18.2 Å². The zero-order valence-electron chi connectivity index (χ0n) is 11.9. The molecule has 0 radical (unpaired) electrons. The number of amides is 1. The quantitative estimate of drug-likeness (QED) is 0.848. The fraction of sp³-hybridized carbons (Fsp3) is 0.286. The molecule has 1 aliphatic heterocycles. The first-order chi connectivity index (χ1) is 10.4. The van der Waals surface area contributed by atoms with E-state index in [2.05, 4.69) is 4.98 Å². The van der Waals surface area contributed by atoms with Crippen molar-refractivity contribution < 1.29 is 17.9 Å². The van der Waals surface area contributed by atoms with Crippen molar-refractivity contribution in [3.63, 3.8) is 0 Å². The molecule has 1 saturated heterocycles. The van der Waals surface area contributed by atoms with Crippen molar-refractivity contribution in [1.82, 2.24) is 9.55 Å². The van der Waals surface area contributed by atoms with Gasteiger partial charge in [0.1, 0.15) is 6.10 Å². The summed E-state index contributed by atoms with van der Waals surface area (Å²) in [5.74, 6) is 0. The predicted molar refractivity (Wildman–Crippen MR) is 79.4 cm³/mol. The van der Waals surface area contributed by atoms with Crippen molar-refractivity contribution >= 4 is 21.6 Å². The van der Waals surface area contributed by atoms with Crippen LogP contribution in [-0.4, -0.2) is 43.0 Å². The van der Waals surface area contributed by atoms with Crippen LogP contribution in [-0.2, 0) is 21.1 Å². The summed E-state index contributed by atoms with van der Waals surface area (Å²) in [5, 5.41) is 0. The van der Waals surface area contributed by atoms with Crippen molar-refractivity contribution in [2.24, 2.45) is 0 Å². The Kier molecular flexibility index (Phi) is 3.61. The van der Waals surface area contributed by atoms with Crippen LogP contribution in [0.1, 0.15) is 0 Å². The number of carbonyl (C=O) groups excluding carboxylic acids is 1. The van der Waals surface area contributed by atoms with Crippen LogP contribution >= 0.6 is 0 Å². The van der Waals surface area contributed by atoms with Gasteiger partial charge >= 0.3 is 6.09 Å². The molecule has 0 spiro atoms. The minimum atomic E-state index is -3.25. The molecule has 2 aromatic rings. The molecule has 2 heterocycles. The van der Waals surface area contributed by atoms with Gasteiger partial charge in [-0.15, -0.1) is 0 Å². The fourth-order valence-corrected chi connectivity index (χ4v) is 2.96. The summed E-state index contributed by atoms with van der Waals surface area (Å²) in [6.07, 6.45) is 5.58. The molecule has 0 N–H and O–H groups in total. The molecule has 0 saturated carbocycles. The molecule has 116 valence electrons. The zero-order chi connectivity index (χ0) is 15.7. The van der Waals surface area contributed by atoms with E-state index in [1.165, 1.54) is 17.0 Å². The Bertz CT molecular complexity index is 769. The van der Waals surface area contributed by atoms with Gasteiger partial charge in [-0.05, 0) is 24.3 Å². The number of anilines is 1. The summed E-state index contributed by atoms with van der Waals surface area (Å²) in [6.45, 7) is 0.943. The lowest BCUT2D eigenvalue weighted by Gasteiger charge is -2.13. The minimum Gasteiger partial charge on any atom is -0.442 e. The van der Waals surface area contributed by atoms with Crippen LogP contribution in [0, 0.1) is 0 Å². The first-order valence-corrected chi connectivity index (χ1v) is 8.56. The maximum Gasteiger partial charge on any atom is 0.414 e. The fourth-order valence-electron chi connectivity index (χ4n) is 2.33. The smallest absolute Gasteiger partial charge is 0.414 e. The predicted octanol–water partition coefficient (Wildman–Crippen LogP) is 1.31. The monoisotopic (exact) mass is 321 g/mol. The molecule has 1 aromatic carbocycles. The van der Waals surface area contributed by atoms with Crippen molar-refractivity contribution in [1.29, 1.82) is 0 Å². The van der Waals surface area contributed by atoms with Gasteiger partial charge in [0.15, 0.2) is 9.84 Å². The van der Waals surface area contributed by atoms with Crippen LogP contribution in [0.4, 0.5) is 10.5 Å². The van der Waals surface area contributed by atoms with Crippen LogP contribution in [0.3, 0.4) is 0 Å². The normalized spacial score (nSPS) is 18.5. The van der Waals surface area contributed by atoms with E-state index in [4.69, 9.17) is 4.74 Å². The van der Waals surface area contributed by atoms with Gasteiger partial charge in [0.05, 0.1) is 24.3 Å². The number of hydrogen-bond acceptors (Lipinski definition) is 5. The highest BCUT2D eigenvalue weighted by Gasteiger charge is 2.32. The molecule has 1 aliphatic rings. The van der Waals surface area contributed by atoms with E-state index in [9.17, 15) is 13.2 Å². The highest BCUT2D eigenvalue weighted by molar-refractivity contribution is 7.90. The van der Waals surface area contributed by atoms with E-state index < -0.39 is 15.9 Å². The second-order valence-electron chi connectivity index (χ2n) is 5.14. The van der Waals surface area contributed by atoms with E-state index in [1.807, 2.05) is 4.57 Å². The third-order valence-corrected chi connectivity index (χ3v) is 4.55. The Morgan fingerprint density at radius 1 is 1.32 bits per heavy atom. The first-order valence-electron chi connectivity index (χ1n) is 6.67. The summed E-state index contributed by atoms with van der Waals surface area (Å²) in [6, 6.07) is 6.19. The van der Waals surface area contributed by atoms with Gasteiger partial charge in [-0.1, -0.05) is 0 Å². The molecular formula is C14H15N3O4S. The summed E-state index contributed by atoms with van der Waals surface area (Å²) in [5.41, 5.74) is 0.616. The van der Waals surface area contributed by atoms with Gasteiger partial charge in [-0.2, -0.15) is 0 Å². The number of cyclic esters (lactones) is 1. The largest absolute Gasteiger partial charge is 0.442 e. The lowest BCUT2D eigenvalue weighted by molar-refractivity contribution is 0.132. The average molecular weight is 321 g/mol. The van der Waals surface area contributed by atoms with Gasteiger partial charge in [0, 0.05) is 24.3 Å². The van der Waals surface area contributed by atoms with Crippen LogP contribution in [0.5, 0.6) is 0 Å². The van der Waals surface area contributed by atoms with Crippen LogP contribution < -0.4 is 4.90 Å². The SMILES string of the molecule is CS(=O)(=O)c1ccc(N2CC(Cn3ccnc3)OC2=O)cc1. The average Bonchev–Trinajstić information content (AvgIpc) is 3.08. The summed E-state index contributed by atoms with van der Waals surface area (Å²) in [7, 11) is -3.25. The first kappa shape index (κ1) is 14.6. The Labute approximate surface area is 128 Å². The van der Waals surface area contributed by atoms with E-state index in [-0.39, 0.29) is 11.0 Å². The molecule has 22 heavy (non-hydrogen) atoms. The Morgan fingerprint density at radius 3 is 2.64 bits per heavy atom. The van der Waals surface area contributed by atoms with Crippen LogP contribution in [0.15, 0.2) is 47.9 Å². The molecule has 3 rings (SSSR count). The highest BCUT2D eigenvalue weighted by Crippen LogP contribution is 2.23. The number of imidazole rings is 1. The number of ether oxygens (including phenoxy) is 1. The van der Waals surface area contributed by atoms with E-state index >= 15 is 0 Å². The number of rotatable bonds is 4. The standard InChI is InChI=1S/C14H15N3O4S/c1-22(19,20)13-4-2-11(3-5-13)17-9-12(21-14(17)18)8-16-7-6-15-10-16/h2-7,10,12H,8-9H2,1H3. The van der Waals surface area contributed by atoms with E-state index in [0.29, 0.717) is 18.8 Å². The molecule has 7 nitrogen and oxygen atoms in total. The molecule has 1 unspecified atom stereocenters.